The first-order chi connectivity index (χ1) is 9.39. The topological polar surface area (TPSA) is 58.4 Å². The minimum atomic E-state index is -0.281. The molecule has 112 valence electrons. The van der Waals surface area contributed by atoms with E-state index in [1.807, 2.05) is 0 Å². The SMILES string of the molecule is CC(C)(C)c1ccc(C(C(N)=O)N2CCCNCC2)s1. The molecule has 0 aliphatic carbocycles. The monoisotopic (exact) mass is 295 g/mol. The highest BCUT2D eigenvalue weighted by Crippen LogP contribution is 2.34. The van der Waals surface area contributed by atoms with Crippen LogP contribution in [0.25, 0.3) is 0 Å². The lowest BCUT2D eigenvalue weighted by Gasteiger charge is -2.27. The molecule has 5 heteroatoms. The summed E-state index contributed by atoms with van der Waals surface area (Å²) in [5, 5.41) is 3.36. The molecule has 0 aromatic carbocycles. The third kappa shape index (κ3) is 3.59. The number of hydrogen-bond acceptors (Lipinski definition) is 4. The van der Waals surface area contributed by atoms with Gasteiger partial charge < -0.3 is 11.1 Å². The van der Waals surface area contributed by atoms with Gasteiger partial charge in [-0.1, -0.05) is 20.8 Å². The number of thiophene rings is 1. The van der Waals surface area contributed by atoms with Crippen LogP contribution in [0.15, 0.2) is 12.1 Å². The van der Waals surface area contributed by atoms with E-state index in [9.17, 15) is 4.79 Å². The number of carbonyl (C=O) groups excluding carboxylic acids is 1. The van der Waals surface area contributed by atoms with Gasteiger partial charge in [0.2, 0.25) is 5.91 Å². The maximum Gasteiger partial charge on any atom is 0.240 e. The van der Waals surface area contributed by atoms with E-state index in [4.69, 9.17) is 5.73 Å². The van der Waals surface area contributed by atoms with Crippen molar-refractivity contribution in [2.45, 2.75) is 38.6 Å². The van der Waals surface area contributed by atoms with Crippen molar-refractivity contribution < 1.29 is 4.79 Å². The standard InChI is InChI=1S/C15H25N3OS/c1-15(2,3)12-6-5-11(20-12)13(14(16)19)18-9-4-7-17-8-10-18/h5-6,13,17H,4,7-10H2,1-3H3,(H2,16,19). The minimum absolute atomic E-state index is 0.117. The van der Waals surface area contributed by atoms with Crippen LogP contribution >= 0.6 is 11.3 Å². The summed E-state index contributed by atoms with van der Waals surface area (Å²) >= 11 is 1.71. The van der Waals surface area contributed by atoms with Crippen LogP contribution < -0.4 is 11.1 Å². The fraction of sp³-hybridized carbons (Fsp3) is 0.667. The molecule has 1 saturated heterocycles. The molecule has 1 aromatic rings. The number of nitrogens with zero attached hydrogens (tertiary/aromatic N) is 1. The lowest BCUT2D eigenvalue weighted by molar-refractivity contribution is -0.123. The van der Waals surface area contributed by atoms with E-state index in [1.165, 1.54) is 4.88 Å². The number of amides is 1. The first kappa shape index (κ1) is 15.5. The molecular weight excluding hydrogens is 270 g/mol. The van der Waals surface area contributed by atoms with Gasteiger partial charge in [-0.3, -0.25) is 9.69 Å². The normalized spacial score (nSPS) is 19.6. The number of rotatable bonds is 3. The zero-order chi connectivity index (χ0) is 14.8. The van der Waals surface area contributed by atoms with Crippen LogP contribution in [0.5, 0.6) is 0 Å². The minimum Gasteiger partial charge on any atom is -0.368 e. The molecule has 20 heavy (non-hydrogen) atoms. The van der Waals surface area contributed by atoms with Crippen molar-refractivity contribution in [3.05, 3.63) is 21.9 Å². The van der Waals surface area contributed by atoms with Gasteiger partial charge in [0.15, 0.2) is 0 Å². The molecule has 0 radical (unpaired) electrons. The van der Waals surface area contributed by atoms with E-state index in [1.54, 1.807) is 11.3 Å². The van der Waals surface area contributed by atoms with Gasteiger partial charge in [-0.2, -0.15) is 0 Å². The number of primary amides is 1. The Hall–Kier alpha value is -0.910. The zero-order valence-electron chi connectivity index (χ0n) is 12.6. The smallest absolute Gasteiger partial charge is 0.240 e. The fourth-order valence-electron chi connectivity index (χ4n) is 2.53. The molecule has 1 amide bonds. The molecule has 3 N–H and O–H groups in total. The van der Waals surface area contributed by atoms with Crippen LogP contribution in [-0.2, 0) is 10.2 Å². The van der Waals surface area contributed by atoms with Crippen molar-refractivity contribution in [1.82, 2.24) is 10.2 Å². The third-order valence-electron chi connectivity index (χ3n) is 3.64. The first-order valence-electron chi connectivity index (χ1n) is 7.24. The second-order valence-electron chi connectivity index (χ2n) is 6.40. The molecule has 2 rings (SSSR count). The summed E-state index contributed by atoms with van der Waals surface area (Å²) < 4.78 is 0. The van der Waals surface area contributed by atoms with Crippen LogP contribution in [0.3, 0.4) is 0 Å². The van der Waals surface area contributed by atoms with E-state index < -0.39 is 0 Å². The Morgan fingerprint density at radius 2 is 2.10 bits per heavy atom. The Bertz CT molecular complexity index is 456. The van der Waals surface area contributed by atoms with Gasteiger partial charge >= 0.3 is 0 Å². The lowest BCUT2D eigenvalue weighted by Crippen LogP contribution is -2.39. The summed E-state index contributed by atoms with van der Waals surface area (Å²) in [6, 6.07) is 3.92. The summed E-state index contributed by atoms with van der Waals surface area (Å²) in [6.07, 6.45) is 1.06. The van der Waals surface area contributed by atoms with E-state index in [0.29, 0.717) is 0 Å². The second kappa shape index (κ2) is 6.24. The number of carbonyl (C=O) groups is 1. The molecule has 0 saturated carbocycles. The van der Waals surface area contributed by atoms with Gasteiger partial charge in [-0.25, -0.2) is 0 Å². The Kier molecular flexibility index (Phi) is 4.83. The number of nitrogens with two attached hydrogens (primary N) is 1. The van der Waals surface area contributed by atoms with Crippen LogP contribution in [0, 0.1) is 0 Å². The highest BCUT2D eigenvalue weighted by atomic mass is 32.1. The molecule has 1 unspecified atom stereocenters. The number of nitrogens with one attached hydrogen (secondary N) is 1. The lowest BCUT2D eigenvalue weighted by atomic mass is 9.95. The van der Waals surface area contributed by atoms with Crippen LogP contribution in [0.4, 0.5) is 0 Å². The van der Waals surface area contributed by atoms with E-state index in [-0.39, 0.29) is 17.4 Å². The maximum atomic E-state index is 11.9. The predicted molar refractivity (Wildman–Crippen MR) is 84.0 cm³/mol. The quantitative estimate of drug-likeness (QED) is 0.895. The van der Waals surface area contributed by atoms with Crippen molar-refractivity contribution in [2.75, 3.05) is 26.2 Å². The Balaban J connectivity index is 2.24. The molecular formula is C15H25N3OS. The van der Waals surface area contributed by atoms with Crippen molar-refractivity contribution in [2.24, 2.45) is 5.73 Å². The van der Waals surface area contributed by atoms with Gasteiger partial charge in [-0.15, -0.1) is 11.3 Å². The van der Waals surface area contributed by atoms with E-state index >= 15 is 0 Å². The van der Waals surface area contributed by atoms with Crippen molar-refractivity contribution in [1.29, 1.82) is 0 Å². The molecule has 2 heterocycles. The highest BCUT2D eigenvalue weighted by molar-refractivity contribution is 7.12. The largest absolute Gasteiger partial charge is 0.368 e. The first-order valence-corrected chi connectivity index (χ1v) is 8.05. The fourth-order valence-corrected chi connectivity index (χ4v) is 3.74. The number of hydrogen-bond donors (Lipinski definition) is 2. The molecule has 0 bridgehead atoms. The van der Waals surface area contributed by atoms with E-state index in [2.05, 4.69) is 43.1 Å². The Morgan fingerprint density at radius 3 is 2.70 bits per heavy atom. The van der Waals surface area contributed by atoms with Crippen LogP contribution in [0.1, 0.15) is 43.0 Å². The molecule has 1 fully saturated rings. The molecule has 0 spiro atoms. The zero-order valence-corrected chi connectivity index (χ0v) is 13.4. The average Bonchev–Trinajstić information content (AvgIpc) is 2.67. The summed E-state index contributed by atoms with van der Waals surface area (Å²) in [7, 11) is 0. The molecule has 1 atom stereocenters. The summed E-state index contributed by atoms with van der Waals surface area (Å²) in [5.41, 5.74) is 5.79. The van der Waals surface area contributed by atoms with Crippen molar-refractivity contribution >= 4 is 17.2 Å². The van der Waals surface area contributed by atoms with E-state index in [0.717, 1.165) is 37.5 Å². The second-order valence-corrected chi connectivity index (χ2v) is 7.51. The molecule has 1 aromatic heterocycles. The van der Waals surface area contributed by atoms with Crippen molar-refractivity contribution in [3.8, 4) is 0 Å². The maximum absolute atomic E-state index is 11.9. The van der Waals surface area contributed by atoms with Gasteiger partial charge in [0, 0.05) is 29.4 Å². The molecule has 1 aliphatic heterocycles. The summed E-state index contributed by atoms with van der Waals surface area (Å²) in [6.45, 7) is 10.3. The summed E-state index contributed by atoms with van der Waals surface area (Å²) in [5.74, 6) is -0.241. The van der Waals surface area contributed by atoms with Gasteiger partial charge in [0.1, 0.15) is 6.04 Å². The average molecular weight is 295 g/mol. The van der Waals surface area contributed by atoms with Crippen LogP contribution in [-0.4, -0.2) is 37.0 Å². The van der Waals surface area contributed by atoms with Gasteiger partial charge in [0.05, 0.1) is 0 Å². The summed E-state index contributed by atoms with van der Waals surface area (Å²) in [4.78, 5) is 16.5. The Labute approximate surface area is 125 Å². The Morgan fingerprint density at radius 1 is 1.35 bits per heavy atom. The molecule has 1 aliphatic rings. The van der Waals surface area contributed by atoms with Gasteiger partial charge in [-0.05, 0) is 30.5 Å². The third-order valence-corrected chi connectivity index (χ3v) is 5.21. The molecule has 4 nitrogen and oxygen atoms in total. The highest BCUT2D eigenvalue weighted by Gasteiger charge is 2.28. The predicted octanol–water partition coefficient (Wildman–Crippen LogP) is 1.87. The van der Waals surface area contributed by atoms with Gasteiger partial charge in [0.25, 0.3) is 0 Å². The van der Waals surface area contributed by atoms with Crippen molar-refractivity contribution in [3.63, 3.8) is 0 Å². The van der Waals surface area contributed by atoms with Crippen LogP contribution in [0.2, 0.25) is 0 Å².